The first-order valence-electron chi connectivity index (χ1n) is 8.17. The molecule has 2 aliphatic rings. The summed E-state index contributed by atoms with van der Waals surface area (Å²) in [6.45, 7) is 1.11. The van der Waals surface area contributed by atoms with Crippen molar-refractivity contribution in [2.75, 3.05) is 31.1 Å². The van der Waals surface area contributed by atoms with Crippen LogP contribution in [0, 0.1) is 23.0 Å². The maximum Gasteiger partial charge on any atom is 0.207 e. The zero-order valence-electron chi connectivity index (χ0n) is 13.4. The quantitative estimate of drug-likeness (QED) is 0.900. The van der Waals surface area contributed by atoms with Gasteiger partial charge in [0.05, 0.1) is 10.9 Å². The van der Waals surface area contributed by atoms with E-state index in [0.717, 1.165) is 24.0 Å². The number of fused-ring (bicyclic) bond motifs is 1. The Morgan fingerprint density at radius 3 is 2.48 bits per heavy atom. The summed E-state index contributed by atoms with van der Waals surface area (Å²) in [7, 11) is 0. The van der Waals surface area contributed by atoms with Crippen molar-refractivity contribution < 1.29 is 14.0 Å². The molecule has 0 radical (unpaired) electrons. The number of benzene rings is 1. The standard InChI is InChI=1S/C17H16F2N4O2/c18-13-7-12-15(14(19)16(13)21-3-5-22(25)6-4-21)23(11-1-2-11)9-10(8-20)17(12)24/h7,9,11,25H,1-6H2. The first-order valence-corrected chi connectivity index (χ1v) is 8.17. The summed E-state index contributed by atoms with van der Waals surface area (Å²) < 4.78 is 31.5. The predicted molar refractivity (Wildman–Crippen MR) is 86.7 cm³/mol. The summed E-state index contributed by atoms with van der Waals surface area (Å²) in [5.41, 5.74) is -0.896. The van der Waals surface area contributed by atoms with E-state index < -0.39 is 17.1 Å². The van der Waals surface area contributed by atoms with E-state index in [-0.39, 0.29) is 54.4 Å². The first kappa shape index (κ1) is 16.0. The van der Waals surface area contributed by atoms with E-state index in [0.29, 0.717) is 0 Å². The average molecular weight is 346 g/mol. The summed E-state index contributed by atoms with van der Waals surface area (Å²) in [5, 5.41) is 19.6. The van der Waals surface area contributed by atoms with Crippen molar-refractivity contribution in [1.29, 1.82) is 5.26 Å². The maximum absolute atomic E-state index is 15.3. The van der Waals surface area contributed by atoms with Crippen LogP contribution in [0.15, 0.2) is 17.1 Å². The fraction of sp³-hybridized carbons (Fsp3) is 0.412. The lowest BCUT2D eigenvalue weighted by molar-refractivity contribution is -0.0936. The minimum Gasteiger partial charge on any atom is -0.364 e. The van der Waals surface area contributed by atoms with Gasteiger partial charge in [-0.3, -0.25) is 4.79 Å². The van der Waals surface area contributed by atoms with Gasteiger partial charge in [0.1, 0.15) is 23.1 Å². The van der Waals surface area contributed by atoms with Crippen LogP contribution in [0.1, 0.15) is 24.4 Å². The predicted octanol–water partition coefficient (Wildman–Crippen LogP) is 2.00. The Morgan fingerprint density at radius 2 is 1.88 bits per heavy atom. The van der Waals surface area contributed by atoms with Gasteiger partial charge in [-0.1, -0.05) is 0 Å². The van der Waals surface area contributed by atoms with Crippen molar-refractivity contribution in [3.8, 4) is 6.07 Å². The van der Waals surface area contributed by atoms with E-state index in [1.54, 1.807) is 4.57 Å². The Kier molecular flexibility index (Phi) is 3.71. The van der Waals surface area contributed by atoms with Gasteiger partial charge in [-0.15, -0.1) is 0 Å². The first-order chi connectivity index (χ1) is 12.0. The highest BCUT2D eigenvalue weighted by Gasteiger charge is 2.30. The van der Waals surface area contributed by atoms with Gasteiger partial charge in [-0.2, -0.15) is 10.3 Å². The third-order valence-electron chi connectivity index (χ3n) is 4.82. The Labute approximate surface area is 142 Å². The zero-order chi connectivity index (χ0) is 17.7. The van der Waals surface area contributed by atoms with Crippen LogP contribution in [0.25, 0.3) is 10.9 Å². The SMILES string of the molecule is N#Cc1cn(C2CC2)c2c(F)c(N3CCN(O)CC3)c(F)cc2c1=O. The second kappa shape index (κ2) is 5.79. The summed E-state index contributed by atoms with van der Waals surface area (Å²) in [4.78, 5) is 13.9. The molecule has 130 valence electrons. The molecule has 1 N–H and O–H groups in total. The fourth-order valence-electron chi connectivity index (χ4n) is 3.36. The number of pyridine rings is 1. The minimum absolute atomic E-state index is 0.0253. The van der Waals surface area contributed by atoms with E-state index >= 15 is 4.39 Å². The van der Waals surface area contributed by atoms with Gasteiger partial charge >= 0.3 is 0 Å². The van der Waals surface area contributed by atoms with Crippen molar-refractivity contribution in [2.24, 2.45) is 0 Å². The molecular weight excluding hydrogens is 330 g/mol. The molecule has 1 saturated heterocycles. The molecule has 1 aliphatic carbocycles. The average Bonchev–Trinajstić information content (AvgIpc) is 3.42. The second-order valence-corrected chi connectivity index (χ2v) is 6.48. The van der Waals surface area contributed by atoms with Crippen molar-refractivity contribution in [3.05, 3.63) is 39.7 Å². The highest BCUT2D eigenvalue weighted by molar-refractivity contribution is 5.85. The molecule has 25 heavy (non-hydrogen) atoms. The minimum atomic E-state index is -0.828. The molecule has 0 spiro atoms. The number of hydroxylamine groups is 2. The lowest BCUT2D eigenvalue weighted by atomic mass is 10.1. The van der Waals surface area contributed by atoms with Crippen LogP contribution in [0.2, 0.25) is 0 Å². The number of halogens is 2. The molecule has 1 aliphatic heterocycles. The van der Waals surface area contributed by atoms with E-state index in [4.69, 9.17) is 5.26 Å². The van der Waals surface area contributed by atoms with Gasteiger partial charge in [0.2, 0.25) is 5.43 Å². The highest BCUT2D eigenvalue weighted by atomic mass is 19.1. The van der Waals surface area contributed by atoms with Crippen LogP contribution in [0.3, 0.4) is 0 Å². The van der Waals surface area contributed by atoms with Crippen LogP contribution < -0.4 is 10.3 Å². The van der Waals surface area contributed by atoms with Gasteiger partial charge in [0.25, 0.3) is 0 Å². The topological polar surface area (TPSA) is 72.5 Å². The van der Waals surface area contributed by atoms with Crippen LogP contribution in [0.4, 0.5) is 14.5 Å². The van der Waals surface area contributed by atoms with Crippen LogP contribution in [-0.2, 0) is 0 Å². The number of piperazine rings is 1. The molecule has 1 aromatic heterocycles. The number of hydrogen-bond acceptors (Lipinski definition) is 5. The third kappa shape index (κ3) is 2.56. The second-order valence-electron chi connectivity index (χ2n) is 6.48. The van der Waals surface area contributed by atoms with Crippen molar-refractivity contribution >= 4 is 16.6 Å². The number of nitrogens with zero attached hydrogens (tertiary/aromatic N) is 4. The van der Waals surface area contributed by atoms with Gasteiger partial charge in [-0.25, -0.2) is 8.78 Å². The fourth-order valence-corrected chi connectivity index (χ4v) is 3.36. The molecule has 0 bridgehead atoms. The smallest absolute Gasteiger partial charge is 0.207 e. The summed E-state index contributed by atoms with van der Waals surface area (Å²) in [6, 6.07) is 2.86. The van der Waals surface area contributed by atoms with E-state index in [9.17, 15) is 14.4 Å². The van der Waals surface area contributed by atoms with Crippen molar-refractivity contribution in [1.82, 2.24) is 9.63 Å². The van der Waals surface area contributed by atoms with E-state index in [1.165, 1.54) is 11.1 Å². The molecule has 2 aromatic rings. The van der Waals surface area contributed by atoms with Crippen LogP contribution >= 0.6 is 0 Å². The molecule has 2 heterocycles. The molecular formula is C17H16F2N4O2. The Hall–Kier alpha value is -2.50. The number of anilines is 1. The van der Waals surface area contributed by atoms with E-state index in [1.807, 2.05) is 6.07 Å². The number of hydrogen-bond donors (Lipinski definition) is 1. The monoisotopic (exact) mass is 346 g/mol. The Bertz CT molecular complexity index is 954. The molecule has 0 amide bonds. The number of aromatic nitrogens is 1. The summed E-state index contributed by atoms with van der Waals surface area (Å²) in [5.74, 6) is -1.61. The Morgan fingerprint density at radius 1 is 1.20 bits per heavy atom. The van der Waals surface area contributed by atoms with Crippen molar-refractivity contribution in [2.45, 2.75) is 18.9 Å². The molecule has 0 unspecified atom stereocenters. The van der Waals surface area contributed by atoms with Gasteiger partial charge in [-0.05, 0) is 18.9 Å². The summed E-state index contributed by atoms with van der Waals surface area (Å²) in [6.07, 6.45) is 3.04. The van der Waals surface area contributed by atoms with Gasteiger partial charge in [0.15, 0.2) is 5.82 Å². The third-order valence-corrected chi connectivity index (χ3v) is 4.82. The molecule has 8 heteroatoms. The van der Waals surface area contributed by atoms with Crippen LogP contribution in [-0.4, -0.2) is 41.0 Å². The molecule has 1 saturated carbocycles. The lowest BCUT2D eigenvalue weighted by Crippen LogP contribution is -2.45. The largest absolute Gasteiger partial charge is 0.364 e. The Balaban J connectivity index is 1.97. The number of rotatable bonds is 2. The number of nitriles is 1. The molecule has 0 atom stereocenters. The van der Waals surface area contributed by atoms with E-state index in [2.05, 4.69) is 0 Å². The highest BCUT2D eigenvalue weighted by Crippen LogP contribution is 2.39. The van der Waals surface area contributed by atoms with Crippen molar-refractivity contribution in [3.63, 3.8) is 0 Å². The van der Waals surface area contributed by atoms with Gasteiger partial charge < -0.3 is 14.7 Å². The molecule has 1 aromatic carbocycles. The van der Waals surface area contributed by atoms with Gasteiger partial charge in [0, 0.05) is 38.4 Å². The normalized spacial score (nSPS) is 18.6. The zero-order valence-corrected chi connectivity index (χ0v) is 13.4. The molecule has 6 nitrogen and oxygen atoms in total. The lowest BCUT2D eigenvalue weighted by Gasteiger charge is -2.33. The van der Waals surface area contributed by atoms with Crippen LogP contribution in [0.5, 0.6) is 0 Å². The molecule has 4 rings (SSSR count). The summed E-state index contributed by atoms with van der Waals surface area (Å²) >= 11 is 0. The maximum atomic E-state index is 15.3. The molecule has 2 fully saturated rings.